The van der Waals surface area contributed by atoms with Gasteiger partial charge in [-0.25, -0.2) is 4.99 Å². The zero-order valence-corrected chi connectivity index (χ0v) is 16.3. The number of benzene rings is 2. The smallest absolute Gasteiger partial charge is 0.190 e. The van der Waals surface area contributed by atoms with Crippen LogP contribution in [0.4, 0.5) is 5.69 Å². The number of rotatable bonds is 0. The van der Waals surface area contributed by atoms with Crippen molar-refractivity contribution >= 4 is 28.7 Å². The lowest BCUT2D eigenvalue weighted by Crippen LogP contribution is -2.39. The molecular weight excluding hydrogens is 366 g/mol. The molecule has 0 radical (unpaired) electrons. The molecule has 5 nitrogen and oxygen atoms in total. The van der Waals surface area contributed by atoms with E-state index in [4.69, 9.17) is 4.74 Å². The topological polar surface area (TPSA) is 76.0 Å². The van der Waals surface area contributed by atoms with Gasteiger partial charge in [0.25, 0.3) is 0 Å². The number of hydrogen-bond acceptors (Lipinski definition) is 5. The molecule has 2 aromatic rings. The first-order chi connectivity index (χ1) is 13.8. The van der Waals surface area contributed by atoms with Crippen LogP contribution in [0.5, 0.6) is 5.75 Å². The Morgan fingerprint density at radius 2 is 1.76 bits per heavy atom. The number of aliphatic hydroxyl groups excluding tert-OH is 1. The van der Waals surface area contributed by atoms with Crippen LogP contribution in [-0.4, -0.2) is 22.4 Å². The molecule has 2 aromatic carbocycles. The van der Waals surface area contributed by atoms with Crippen molar-refractivity contribution in [1.82, 2.24) is 0 Å². The zero-order valence-electron chi connectivity index (χ0n) is 16.3. The summed E-state index contributed by atoms with van der Waals surface area (Å²) >= 11 is 0. The minimum Gasteiger partial charge on any atom is -0.507 e. The van der Waals surface area contributed by atoms with Crippen LogP contribution in [0.1, 0.15) is 42.3 Å². The molecular formula is C24H19NO4. The maximum Gasteiger partial charge on any atom is 0.190 e. The predicted molar refractivity (Wildman–Crippen MR) is 110 cm³/mol. The van der Waals surface area contributed by atoms with Crippen molar-refractivity contribution in [1.29, 1.82) is 0 Å². The molecule has 0 saturated heterocycles. The lowest BCUT2D eigenvalue weighted by molar-refractivity contribution is -0.111. The fourth-order valence-electron chi connectivity index (χ4n) is 4.01. The largest absolute Gasteiger partial charge is 0.507 e. The van der Waals surface area contributed by atoms with Gasteiger partial charge in [0.2, 0.25) is 0 Å². The summed E-state index contributed by atoms with van der Waals surface area (Å²) in [5.74, 6) is -0.998. The molecule has 5 heteroatoms. The quantitative estimate of drug-likeness (QED) is 0.713. The number of Topliss-reactive ketones (excluding diaryl/α,β-unsaturated/α-hetero) is 1. The molecule has 2 aliphatic carbocycles. The van der Waals surface area contributed by atoms with Crippen LogP contribution < -0.4 is 4.74 Å². The summed E-state index contributed by atoms with van der Waals surface area (Å²) in [7, 11) is 0. The van der Waals surface area contributed by atoms with Crippen LogP contribution in [0.3, 0.4) is 0 Å². The molecule has 0 fully saturated rings. The van der Waals surface area contributed by atoms with E-state index in [9.17, 15) is 14.7 Å². The Balaban J connectivity index is 1.70. The maximum absolute atomic E-state index is 13.2. The van der Waals surface area contributed by atoms with Crippen molar-refractivity contribution in [2.45, 2.75) is 26.2 Å². The summed E-state index contributed by atoms with van der Waals surface area (Å²) in [4.78, 5) is 30.7. The molecule has 1 unspecified atom stereocenters. The Bertz CT molecular complexity index is 1210. The highest BCUT2D eigenvalue weighted by molar-refractivity contribution is 6.33. The highest BCUT2D eigenvalue weighted by Crippen LogP contribution is 2.44. The van der Waals surface area contributed by atoms with Gasteiger partial charge in [0.1, 0.15) is 17.4 Å². The summed E-state index contributed by atoms with van der Waals surface area (Å²) in [6.07, 6.45) is 1.31. The van der Waals surface area contributed by atoms with Gasteiger partial charge in [0, 0.05) is 17.2 Å². The third-order valence-electron chi connectivity index (χ3n) is 5.59. The molecule has 5 rings (SSSR count). The number of ether oxygens (including phenoxy) is 1. The van der Waals surface area contributed by atoms with Crippen LogP contribution in [-0.2, 0) is 10.2 Å². The van der Waals surface area contributed by atoms with Crippen molar-refractivity contribution in [2.75, 3.05) is 0 Å². The van der Waals surface area contributed by atoms with Crippen molar-refractivity contribution in [3.8, 4) is 5.75 Å². The van der Waals surface area contributed by atoms with E-state index >= 15 is 0 Å². The molecule has 0 aromatic heterocycles. The number of ketones is 2. The van der Waals surface area contributed by atoms with E-state index in [1.165, 1.54) is 6.08 Å². The molecule has 0 bridgehead atoms. The minimum absolute atomic E-state index is 0.0644. The van der Waals surface area contributed by atoms with Crippen molar-refractivity contribution in [2.24, 2.45) is 10.9 Å². The van der Waals surface area contributed by atoms with E-state index in [1.807, 2.05) is 18.2 Å². The molecule has 29 heavy (non-hydrogen) atoms. The molecule has 1 heterocycles. The highest BCUT2D eigenvalue weighted by atomic mass is 16.5. The molecule has 0 amide bonds. The Kier molecular flexibility index (Phi) is 3.50. The van der Waals surface area contributed by atoms with Crippen molar-refractivity contribution in [3.05, 3.63) is 76.6 Å². The molecule has 1 N–H and O–H groups in total. The van der Waals surface area contributed by atoms with Gasteiger partial charge in [-0.05, 0) is 23.1 Å². The second-order valence-electron chi connectivity index (χ2n) is 8.51. The van der Waals surface area contributed by atoms with E-state index in [1.54, 1.807) is 24.3 Å². The number of aliphatic imine (C=N–C) groups is 1. The fourth-order valence-corrected chi connectivity index (χ4v) is 4.01. The van der Waals surface area contributed by atoms with E-state index in [0.29, 0.717) is 28.3 Å². The summed E-state index contributed by atoms with van der Waals surface area (Å²) in [6, 6.07) is 12.5. The third-order valence-corrected chi connectivity index (χ3v) is 5.59. The normalized spacial score (nSPS) is 20.0. The predicted octanol–water partition coefficient (Wildman–Crippen LogP) is 4.70. The summed E-state index contributed by atoms with van der Waals surface area (Å²) < 4.78 is 6.02. The lowest BCUT2D eigenvalue weighted by Gasteiger charge is -2.32. The van der Waals surface area contributed by atoms with Gasteiger partial charge < -0.3 is 9.84 Å². The molecule has 1 atom stereocenters. The molecule has 1 aliphatic heterocycles. The first kappa shape index (κ1) is 17.6. The second kappa shape index (κ2) is 5.77. The average molecular weight is 385 g/mol. The number of hydrogen-bond donors (Lipinski definition) is 1. The van der Waals surface area contributed by atoms with E-state index < -0.39 is 11.7 Å². The standard InChI is InChI=1S/C24H19NO4/c1-24(2,3)12-8-9-15-17(10-12)29-18-11-16(26)19-20(21(18)25-15)23(28)14-7-5-4-6-13(14)22(19)27/h4-11,20,27H,1-3H3. The number of carbonyl (C=O) groups excluding carboxylic acids is 2. The van der Waals surface area contributed by atoms with Gasteiger partial charge in [0.15, 0.2) is 23.1 Å². The maximum atomic E-state index is 13.2. The second-order valence-corrected chi connectivity index (χ2v) is 8.51. The molecule has 3 aliphatic rings. The first-order valence-electron chi connectivity index (χ1n) is 9.50. The Hall–Kier alpha value is -3.47. The van der Waals surface area contributed by atoms with Gasteiger partial charge in [-0.2, -0.15) is 0 Å². The first-order valence-corrected chi connectivity index (χ1v) is 9.50. The fraction of sp³-hybridized carbons (Fsp3) is 0.208. The number of nitrogens with zero attached hydrogens (tertiary/aromatic N) is 1. The summed E-state index contributed by atoms with van der Waals surface area (Å²) in [6.45, 7) is 6.31. The van der Waals surface area contributed by atoms with E-state index in [-0.39, 0.29) is 28.3 Å². The minimum atomic E-state index is -0.965. The third kappa shape index (κ3) is 2.50. The van der Waals surface area contributed by atoms with Crippen LogP contribution in [0.25, 0.3) is 5.76 Å². The van der Waals surface area contributed by atoms with Crippen molar-refractivity contribution in [3.63, 3.8) is 0 Å². The monoisotopic (exact) mass is 385 g/mol. The van der Waals surface area contributed by atoms with Crippen LogP contribution in [0.15, 0.2) is 64.9 Å². The van der Waals surface area contributed by atoms with Crippen LogP contribution >= 0.6 is 0 Å². The zero-order chi connectivity index (χ0) is 20.5. The number of allylic oxidation sites excluding steroid dienone is 3. The van der Waals surface area contributed by atoms with Gasteiger partial charge in [0.05, 0.1) is 11.3 Å². The Morgan fingerprint density at radius 3 is 2.48 bits per heavy atom. The number of carbonyl (C=O) groups is 2. The molecule has 0 saturated carbocycles. The Morgan fingerprint density at radius 1 is 1.03 bits per heavy atom. The number of aliphatic hydroxyl groups is 1. The lowest BCUT2D eigenvalue weighted by atomic mass is 9.73. The molecule has 144 valence electrons. The van der Waals surface area contributed by atoms with Gasteiger partial charge in [-0.15, -0.1) is 0 Å². The Labute approximate surface area is 168 Å². The van der Waals surface area contributed by atoms with E-state index in [0.717, 1.165) is 5.56 Å². The summed E-state index contributed by atoms with van der Waals surface area (Å²) in [5.41, 5.74) is 2.80. The highest BCUT2D eigenvalue weighted by Gasteiger charge is 2.46. The van der Waals surface area contributed by atoms with E-state index in [2.05, 4.69) is 25.8 Å². The summed E-state index contributed by atoms with van der Waals surface area (Å²) in [5, 5.41) is 10.7. The van der Waals surface area contributed by atoms with Crippen LogP contribution in [0, 0.1) is 5.92 Å². The molecule has 0 spiro atoms. The SMILES string of the molecule is CC(C)(C)c1ccc2c(c1)OC1=CC(=O)C3=C(O)c4ccccc4C(=O)C3C1=N2. The van der Waals surface area contributed by atoms with Gasteiger partial charge in [-0.3, -0.25) is 9.59 Å². The van der Waals surface area contributed by atoms with Gasteiger partial charge >= 0.3 is 0 Å². The van der Waals surface area contributed by atoms with Gasteiger partial charge in [-0.1, -0.05) is 51.1 Å². The average Bonchev–Trinajstić information content (AvgIpc) is 2.68. The van der Waals surface area contributed by atoms with Crippen molar-refractivity contribution < 1.29 is 19.4 Å². The number of fused-ring (bicyclic) bond motifs is 5. The van der Waals surface area contributed by atoms with Crippen LogP contribution in [0.2, 0.25) is 0 Å².